The zero-order chi connectivity index (χ0) is 19.7. The molecule has 0 saturated heterocycles. The van der Waals surface area contributed by atoms with Gasteiger partial charge in [0.05, 0.1) is 24.2 Å². The van der Waals surface area contributed by atoms with Gasteiger partial charge in [-0.15, -0.1) is 0 Å². The summed E-state index contributed by atoms with van der Waals surface area (Å²) in [6.07, 6.45) is 4.52. The summed E-state index contributed by atoms with van der Waals surface area (Å²) in [6.45, 7) is 0.549. The molecule has 0 unspecified atom stereocenters. The lowest BCUT2D eigenvalue weighted by molar-refractivity contribution is -0.0574. The molecule has 3 aromatic heterocycles. The fourth-order valence-electron chi connectivity index (χ4n) is 3.83. The quantitative estimate of drug-likeness (QED) is 0.584. The Labute approximate surface area is 163 Å². The number of aliphatic hydroxyl groups excluding tert-OH is 2. The highest BCUT2D eigenvalue weighted by molar-refractivity contribution is 5.83. The third-order valence-corrected chi connectivity index (χ3v) is 5.32. The summed E-state index contributed by atoms with van der Waals surface area (Å²) in [6, 6.07) is 5.24. The number of nitrogens with one attached hydrogen (secondary N) is 1. The van der Waals surface area contributed by atoms with Crippen molar-refractivity contribution in [1.82, 2.24) is 29.8 Å². The summed E-state index contributed by atoms with van der Waals surface area (Å²) < 4.78 is 1.85. The second-order valence-electron chi connectivity index (χ2n) is 7.35. The number of hydrogen-bond acceptors (Lipinski definition) is 8. The van der Waals surface area contributed by atoms with Crippen LogP contribution in [0.1, 0.15) is 24.6 Å². The van der Waals surface area contributed by atoms with Crippen LogP contribution >= 0.6 is 0 Å². The van der Waals surface area contributed by atoms with Crippen LogP contribution in [0.15, 0.2) is 37.1 Å². The first-order chi connectivity index (χ1) is 13.6. The standard InChI is InChI=1S/C19H25N7O2/c1-25(2)18-15-19(23-10-22-18)26(11-24-15)14-7-6-13(16(27)17(14)28)21-9-12-5-3-4-8-20-12/h3-5,8,10-11,13-14,16-17,21,27-28H,6-7,9H2,1-2H3/t13-,14-,16-,17-/m1/s1. The van der Waals surface area contributed by atoms with Gasteiger partial charge >= 0.3 is 0 Å². The molecule has 1 fully saturated rings. The topological polar surface area (TPSA) is 112 Å². The third kappa shape index (κ3) is 3.44. The number of aliphatic hydroxyl groups is 2. The lowest BCUT2D eigenvalue weighted by Crippen LogP contribution is -2.52. The van der Waals surface area contributed by atoms with Crippen LogP contribution in [-0.4, -0.2) is 67.1 Å². The number of nitrogens with zero attached hydrogens (tertiary/aromatic N) is 6. The van der Waals surface area contributed by atoms with Crippen LogP contribution < -0.4 is 10.2 Å². The first-order valence-electron chi connectivity index (χ1n) is 9.40. The molecule has 3 heterocycles. The lowest BCUT2D eigenvalue weighted by atomic mass is 9.85. The number of pyridine rings is 1. The molecule has 3 aromatic rings. The first-order valence-corrected chi connectivity index (χ1v) is 9.40. The van der Waals surface area contributed by atoms with E-state index >= 15 is 0 Å². The highest BCUT2D eigenvalue weighted by Gasteiger charge is 2.39. The number of anilines is 1. The van der Waals surface area contributed by atoms with Crippen molar-refractivity contribution in [2.75, 3.05) is 19.0 Å². The van der Waals surface area contributed by atoms with E-state index in [0.29, 0.717) is 24.1 Å². The summed E-state index contributed by atoms with van der Waals surface area (Å²) in [5, 5.41) is 24.8. The third-order valence-electron chi connectivity index (χ3n) is 5.32. The Morgan fingerprint density at radius 1 is 1.11 bits per heavy atom. The van der Waals surface area contributed by atoms with Gasteiger partial charge < -0.3 is 25.0 Å². The molecule has 1 saturated carbocycles. The molecule has 1 aliphatic carbocycles. The summed E-state index contributed by atoms with van der Waals surface area (Å²) in [4.78, 5) is 19.2. The molecule has 4 rings (SSSR count). The van der Waals surface area contributed by atoms with E-state index in [1.807, 2.05) is 41.8 Å². The molecule has 0 aromatic carbocycles. The van der Waals surface area contributed by atoms with Crippen LogP contribution in [0, 0.1) is 0 Å². The van der Waals surface area contributed by atoms with Gasteiger partial charge in [0.2, 0.25) is 0 Å². The number of rotatable bonds is 5. The SMILES string of the molecule is CN(C)c1ncnc2c1ncn2[C@@H]1CC[C@@H](NCc2ccccn2)[C@@H](O)[C@@H]1O. The van der Waals surface area contributed by atoms with Gasteiger partial charge in [0.1, 0.15) is 12.4 Å². The molecule has 4 atom stereocenters. The summed E-state index contributed by atoms with van der Waals surface area (Å²) >= 11 is 0. The van der Waals surface area contributed by atoms with Crippen molar-refractivity contribution < 1.29 is 10.2 Å². The predicted octanol–water partition coefficient (Wildman–Crippen LogP) is 0.502. The number of hydrogen-bond donors (Lipinski definition) is 3. The lowest BCUT2D eigenvalue weighted by Gasteiger charge is -2.38. The maximum Gasteiger partial charge on any atom is 0.165 e. The van der Waals surface area contributed by atoms with Gasteiger partial charge in [0, 0.05) is 32.9 Å². The fourth-order valence-corrected chi connectivity index (χ4v) is 3.83. The monoisotopic (exact) mass is 383 g/mol. The highest BCUT2D eigenvalue weighted by atomic mass is 16.3. The average molecular weight is 383 g/mol. The largest absolute Gasteiger partial charge is 0.389 e. The normalized spacial score (nSPS) is 25.1. The van der Waals surface area contributed by atoms with E-state index in [1.54, 1.807) is 12.5 Å². The van der Waals surface area contributed by atoms with E-state index in [2.05, 4.69) is 25.3 Å². The number of fused-ring (bicyclic) bond motifs is 1. The first kappa shape index (κ1) is 18.7. The zero-order valence-corrected chi connectivity index (χ0v) is 16.0. The van der Waals surface area contributed by atoms with Crippen molar-refractivity contribution in [1.29, 1.82) is 0 Å². The Hall–Kier alpha value is -2.62. The van der Waals surface area contributed by atoms with Crippen molar-refractivity contribution in [2.45, 2.75) is 43.7 Å². The Morgan fingerprint density at radius 3 is 2.71 bits per heavy atom. The van der Waals surface area contributed by atoms with Gasteiger partial charge in [-0.3, -0.25) is 4.98 Å². The molecular weight excluding hydrogens is 358 g/mol. The zero-order valence-electron chi connectivity index (χ0n) is 16.0. The van der Waals surface area contributed by atoms with Crippen LogP contribution in [0.25, 0.3) is 11.2 Å². The minimum Gasteiger partial charge on any atom is -0.389 e. The van der Waals surface area contributed by atoms with Crippen molar-refractivity contribution in [3.8, 4) is 0 Å². The molecule has 0 aliphatic heterocycles. The Bertz CT molecular complexity index is 930. The van der Waals surface area contributed by atoms with Gasteiger partial charge in [-0.05, 0) is 25.0 Å². The minimum atomic E-state index is -0.926. The van der Waals surface area contributed by atoms with E-state index in [0.717, 1.165) is 17.9 Å². The Kier molecular flexibility index (Phi) is 5.21. The maximum atomic E-state index is 10.8. The molecule has 0 amide bonds. The molecule has 28 heavy (non-hydrogen) atoms. The van der Waals surface area contributed by atoms with E-state index in [1.165, 1.54) is 6.33 Å². The number of aromatic nitrogens is 5. The molecule has 148 valence electrons. The molecule has 0 spiro atoms. The van der Waals surface area contributed by atoms with Crippen molar-refractivity contribution in [3.05, 3.63) is 42.7 Å². The van der Waals surface area contributed by atoms with E-state index in [-0.39, 0.29) is 12.1 Å². The summed E-state index contributed by atoms with van der Waals surface area (Å²) in [5.41, 5.74) is 2.25. The van der Waals surface area contributed by atoms with Gasteiger partial charge in [-0.1, -0.05) is 6.07 Å². The van der Waals surface area contributed by atoms with Gasteiger partial charge in [0.25, 0.3) is 0 Å². The summed E-state index contributed by atoms with van der Waals surface area (Å²) in [7, 11) is 3.80. The summed E-state index contributed by atoms with van der Waals surface area (Å²) in [5.74, 6) is 0.726. The van der Waals surface area contributed by atoms with Crippen molar-refractivity contribution >= 4 is 17.0 Å². The second-order valence-corrected chi connectivity index (χ2v) is 7.35. The van der Waals surface area contributed by atoms with Crippen LogP contribution in [0.2, 0.25) is 0 Å². The van der Waals surface area contributed by atoms with Gasteiger partial charge in [0.15, 0.2) is 17.0 Å². The van der Waals surface area contributed by atoms with E-state index in [9.17, 15) is 10.2 Å². The number of imidazole rings is 1. The van der Waals surface area contributed by atoms with E-state index in [4.69, 9.17) is 0 Å². The molecule has 9 heteroatoms. The molecule has 1 aliphatic rings. The average Bonchev–Trinajstić information content (AvgIpc) is 3.14. The van der Waals surface area contributed by atoms with E-state index < -0.39 is 12.2 Å². The highest BCUT2D eigenvalue weighted by Crippen LogP contribution is 2.32. The van der Waals surface area contributed by atoms with Crippen LogP contribution in [0.4, 0.5) is 5.82 Å². The minimum absolute atomic E-state index is 0.199. The van der Waals surface area contributed by atoms with Gasteiger partial charge in [-0.25, -0.2) is 15.0 Å². The van der Waals surface area contributed by atoms with Crippen LogP contribution in [0.5, 0.6) is 0 Å². The molecule has 0 radical (unpaired) electrons. The smallest absolute Gasteiger partial charge is 0.165 e. The van der Waals surface area contributed by atoms with Crippen LogP contribution in [-0.2, 0) is 6.54 Å². The van der Waals surface area contributed by atoms with Crippen molar-refractivity contribution in [3.63, 3.8) is 0 Å². The maximum absolute atomic E-state index is 10.8. The Balaban J connectivity index is 1.51. The molecule has 9 nitrogen and oxygen atoms in total. The molecule has 0 bridgehead atoms. The molecule has 3 N–H and O–H groups in total. The second kappa shape index (κ2) is 7.78. The predicted molar refractivity (Wildman–Crippen MR) is 105 cm³/mol. The molecular formula is C19H25N7O2. The Morgan fingerprint density at radius 2 is 1.96 bits per heavy atom. The van der Waals surface area contributed by atoms with Gasteiger partial charge in [-0.2, -0.15) is 0 Å². The van der Waals surface area contributed by atoms with Crippen molar-refractivity contribution in [2.24, 2.45) is 0 Å². The fraction of sp³-hybridized carbons (Fsp3) is 0.474. The van der Waals surface area contributed by atoms with Crippen LogP contribution in [0.3, 0.4) is 0 Å².